The first-order valence-corrected chi connectivity index (χ1v) is 9.16. The first-order chi connectivity index (χ1) is 12.4. The minimum absolute atomic E-state index is 0.168. The second kappa shape index (κ2) is 8.03. The molecule has 2 rings (SSSR count). The van der Waals surface area contributed by atoms with Crippen molar-refractivity contribution < 1.29 is 19.1 Å². The average Bonchev–Trinajstić information content (AvgIpc) is 2.95. The van der Waals surface area contributed by atoms with Crippen LogP contribution in [0, 0.1) is 0 Å². The van der Waals surface area contributed by atoms with Crippen LogP contribution in [0.1, 0.15) is 47.1 Å². The van der Waals surface area contributed by atoms with E-state index < -0.39 is 23.3 Å². The molecule has 0 aliphatic carbocycles. The summed E-state index contributed by atoms with van der Waals surface area (Å²) in [5, 5.41) is 3.29. The lowest BCUT2D eigenvalue weighted by Crippen LogP contribution is -2.37. The summed E-state index contributed by atoms with van der Waals surface area (Å²) in [6.07, 6.45) is -0.444. The maximum absolute atomic E-state index is 12.6. The van der Waals surface area contributed by atoms with Crippen LogP contribution in [0.4, 0.5) is 4.79 Å². The Balaban J connectivity index is 2.14. The second-order valence-corrected chi connectivity index (χ2v) is 8.63. The van der Waals surface area contributed by atoms with Crippen LogP contribution < -0.4 is 5.32 Å². The molecule has 0 saturated heterocycles. The molecule has 0 bridgehead atoms. The molecule has 1 N–H and O–H groups in total. The van der Waals surface area contributed by atoms with Crippen molar-refractivity contribution in [2.24, 2.45) is 0 Å². The van der Waals surface area contributed by atoms with Crippen LogP contribution in [0.15, 0.2) is 41.6 Å². The number of hydrogen-bond donors (Lipinski definition) is 1. The Morgan fingerprint density at radius 1 is 0.963 bits per heavy atom. The van der Waals surface area contributed by atoms with E-state index in [0.29, 0.717) is 17.8 Å². The maximum Gasteiger partial charge on any atom is 0.410 e. The van der Waals surface area contributed by atoms with Gasteiger partial charge in [-0.05, 0) is 47.1 Å². The Labute approximate surface area is 161 Å². The third-order valence-electron chi connectivity index (χ3n) is 3.71. The van der Waals surface area contributed by atoms with E-state index in [1.807, 2.05) is 71.9 Å². The molecule has 0 aromatic heterocycles. The summed E-state index contributed by atoms with van der Waals surface area (Å²) in [5.41, 5.74) is 1.05. The zero-order valence-corrected chi connectivity index (χ0v) is 17.1. The average molecular weight is 374 g/mol. The van der Waals surface area contributed by atoms with Crippen molar-refractivity contribution in [3.05, 3.63) is 47.2 Å². The molecule has 0 saturated carbocycles. The van der Waals surface area contributed by atoms with Crippen molar-refractivity contribution >= 4 is 12.1 Å². The summed E-state index contributed by atoms with van der Waals surface area (Å²) in [6, 6.07) is 9.88. The molecule has 1 heterocycles. The van der Waals surface area contributed by atoms with Gasteiger partial charge >= 0.3 is 12.1 Å². The van der Waals surface area contributed by atoms with E-state index in [0.717, 1.165) is 5.56 Å². The monoisotopic (exact) mass is 374 g/mol. The topological polar surface area (TPSA) is 67.9 Å². The van der Waals surface area contributed by atoms with Crippen LogP contribution in [0.2, 0.25) is 0 Å². The van der Waals surface area contributed by atoms with Crippen LogP contribution in [-0.4, -0.2) is 41.3 Å². The molecule has 0 unspecified atom stereocenters. The zero-order valence-electron chi connectivity index (χ0n) is 17.1. The second-order valence-electron chi connectivity index (χ2n) is 8.63. The molecule has 1 aromatic carbocycles. The summed E-state index contributed by atoms with van der Waals surface area (Å²) in [4.78, 5) is 26.6. The predicted molar refractivity (Wildman–Crippen MR) is 104 cm³/mol. The largest absolute Gasteiger partial charge is 0.457 e. The lowest BCUT2D eigenvalue weighted by Gasteiger charge is -2.24. The molecule has 0 radical (unpaired) electrons. The fourth-order valence-corrected chi connectivity index (χ4v) is 2.58. The Morgan fingerprint density at radius 2 is 1.56 bits per heavy atom. The fraction of sp³-hybridized carbons (Fsp3) is 0.524. The number of hydrogen-bond acceptors (Lipinski definition) is 5. The number of carbonyl (C=O) groups is 2. The fourth-order valence-electron chi connectivity index (χ4n) is 2.58. The molecule has 1 aliphatic heterocycles. The summed E-state index contributed by atoms with van der Waals surface area (Å²) in [6.45, 7) is 11.9. The Hall–Kier alpha value is -2.50. The van der Waals surface area contributed by atoms with Gasteiger partial charge in [0.2, 0.25) is 0 Å². The van der Waals surface area contributed by atoms with Gasteiger partial charge < -0.3 is 14.8 Å². The third kappa shape index (κ3) is 6.62. The molecular formula is C21H30N2O4. The molecule has 6 nitrogen and oxygen atoms in total. The Morgan fingerprint density at radius 3 is 2.11 bits per heavy atom. The molecule has 0 atom stereocenters. The van der Waals surface area contributed by atoms with Crippen molar-refractivity contribution in [2.75, 3.05) is 13.1 Å². The van der Waals surface area contributed by atoms with E-state index in [-0.39, 0.29) is 13.1 Å². The minimum atomic E-state index is -0.603. The van der Waals surface area contributed by atoms with Gasteiger partial charge in [0.05, 0.1) is 18.7 Å². The zero-order chi connectivity index (χ0) is 20.2. The number of amides is 1. The first kappa shape index (κ1) is 20.8. The molecule has 1 aromatic rings. The molecule has 148 valence electrons. The van der Waals surface area contributed by atoms with E-state index in [2.05, 4.69) is 5.32 Å². The molecule has 0 fully saturated rings. The number of ether oxygens (including phenoxy) is 2. The molecule has 6 heteroatoms. The quantitative estimate of drug-likeness (QED) is 0.815. The van der Waals surface area contributed by atoms with Crippen LogP contribution in [0.25, 0.3) is 0 Å². The van der Waals surface area contributed by atoms with E-state index >= 15 is 0 Å². The minimum Gasteiger partial charge on any atom is -0.457 e. The van der Waals surface area contributed by atoms with Crippen molar-refractivity contribution in [1.29, 1.82) is 0 Å². The van der Waals surface area contributed by atoms with Gasteiger partial charge in [0.25, 0.3) is 0 Å². The molecule has 27 heavy (non-hydrogen) atoms. The number of esters is 1. The van der Waals surface area contributed by atoms with Gasteiger partial charge in [0.1, 0.15) is 11.2 Å². The van der Waals surface area contributed by atoms with Crippen LogP contribution in [-0.2, 0) is 20.8 Å². The molecule has 1 amide bonds. The standard InChI is InChI=1S/C21H30N2O4/c1-20(2,3)26-18(24)16-13-23(19(25)27-21(4,5)6)14-17(16)22-12-15-10-8-7-9-11-15/h7-11,22H,12-14H2,1-6H3. The lowest BCUT2D eigenvalue weighted by atomic mass is 10.1. The van der Waals surface area contributed by atoms with E-state index in [4.69, 9.17) is 9.47 Å². The molecular weight excluding hydrogens is 344 g/mol. The van der Waals surface area contributed by atoms with Gasteiger partial charge in [-0.15, -0.1) is 0 Å². The Bertz CT molecular complexity index is 712. The number of nitrogens with one attached hydrogen (secondary N) is 1. The van der Waals surface area contributed by atoms with Crippen LogP contribution >= 0.6 is 0 Å². The number of nitrogens with zero attached hydrogens (tertiary/aromatic N) is 1. The van der Waals surface area contributed by atoms with Gasteiger partial charge in [-0.1, -0.05) is 30.3 Å². The highest BCUT2D eigenvalue weighted by Gasteiger charge is 2.34. The van der Waals surface area contributed by atoms with Crippen molar-refractivity contribution in [3.63, 3.8) is 0 Å². The SMILES string of the molecule is CC(C)(C)OC(=O)C1=C(NCc2ccccc2)CN(C(=O)OC(C)(C)C)C1. The first-order valence-electron chi connectivity index (χ1n) is 9.16. The van der Waals surface area contributed by atoms with Gasteiger partial charge in [0.15, 0.2) is 0 Å². The lowest BCUT2D eigenvalue weighted by molar-refractivity contribution is -0.150. The van der Waals surface area contributed by atoms with Crippen LogP contribution in [0.3, 0.4) is 0 Å². The van der Waals surface area contributed by atoms with E-state index in [1.165, 1.54) is 4.90 Å². The predicted octanol–water partition coefficient (Wildman–Crippen LogP) is 3.62. The number of carbonyl (C=O) groups excluding carboxylic acids is 2. The Kier molecular flexibility index (Phi) is 6.19. The van der Waals surface area contributed by atoms with Crippen molar-refractivity contribution in [3.8, 4) is 0 Å². The van der Waals surface area contributed by atoms with Crippen molar-refractivity contribution in [1.82, 2.24) is 10.2 Å². The normalized spacial score (nSPS) is 15.0. The smallest absolute Gasteiger partial charge is 0.410 e. The highest BCUT2D eigenvalue weighted by atomic mass is 16.6. The third-order valence-corrected chi connectivity index (χ3v) is 3.71. The maximum atomic E-state index is 12.6. The number of rotatable bonds is 4. The van der Waals surface area contributed by atoms with Crippen molar-refractivity contribution in [2.45, 2.75) is 59.3 Å². The van der Waals surface area contributed by atoms with Gasteiger partial charge in [-0.2, -0.15) is 0 Å². The van der Waals surface area contributed by atoms with Crippen LogP contribution in [0.5, 0.6) is 0 Å². The summed E-state index contributed by atoms with van der Waals surface area (Å²) in [5.74, 6) is -0.413. The molecule has 0 spiro atoms. The summed E-state index contributed by atoms with van der Waals surface area (Å²) >= 11 is 0. The summed E-state index contributed by atoms with van der Waals surface area (Å²) < 4.78 is 11.0. The number of benzene rings is 1. The summed E-state index contributed by atoms with van der Waals surface area (Å²) in [7, 11) is 0. The van der Waals surface area contributed by atoms with Gasteiger partial charge in [0, 0.05) is 12.2 Å². The molecule has 1 aliphatic rings. The van der Waals surface area contributed by atoms with Gasteiger partial charge in [-0.25, -0.2) is 9.59 Å². The van der Waals surface area contributed by atoms with Gasteiger partial charge in [-0.3, -0.25) is 4.90 Å². The van der Waals surface area contributed by atoms with E-state index in [9.17, 15) is 9.59 Å². The van der Waals surface area contributed by atoms with E-state index in [1.54, 1.807) is 0 Å². The highest BCUT2D eigenvalue weighted by molar-refractivity contribution is 5.92. The highest BCUT2D eigenvalue weighted by Crippen LogP contribution is 2.22.